The zero-order chi connectivity index (χ0) is 9.84. The van der Waals surface area contributed by atoms with Gasteiger partial charge in [0, 0.05) is 12.1 Å². The molecule has 1 rings (SSSR count). The molecule has 0 aromatic heterocycles. The number of carbonyl (C=O) groups excluding carboxylic acids is 1. The van der Waals surface area contributed by atoms with Crippen molar-refractivity contribution in [1.29, 1.82) is 0 Å². The Morgan fingerprint density at radius 1 is 1.62 bits per heavy atom. The standard InChI is InChI=1S/C9H15N2O2/c1-2-8(12)13-7-5-3-4-6(10)9(7)11/h2,4,6-7,9H,1,3,5,10-11H2. The Labute approximate surface area is 77.9 Å². The molecular weight excluding hydrogens is 168 g/mol. The van der Waals surface area contributed by atoms with Crippen molar-refractivity contribution in [2.24, 2.45) is 11.5 Å². The minimum absolute atomic E-state index is 0.184. The van der Waals surface area contributed by atoms with E-state index in [0.29, 0.717) is 0 Å². The van der Waals surface area contributed by atoms with Crippen LogP contribution in [0.15, 0.2) is 12.7 Å². The predicted octanol–water partition coefficient (Wildman–Crippen LogP) is -0.263. The average molecular weight is 183 g/mol. The molecule has 1 aliphatic rings. The Kier molecular flexibility index (Phi) is 3.45. The molecule has 13 heavy (non-hydrogen) atoms. The van der Waals surface area contributed by atoms with Crippen molar-refractivity contribution in [2.45, 2.75) is 31.0 Å². The van der Waals surface area contributed by atoms with Crippen LogP contribution in [0.4, 0.5) is 0 Å². The highest BCUT2D eigenvalue weighted by atomic mass is 16.5. The van der Waals surface area contributed by atoms with E-state index in [1.807, 2.05) is 6.42 Å². The van der Waals surface area contributed by atoms with Crippen molar-refractivity contribution in [1.82, 2.24) is 0 Å². The third kappa shape index (κ3) is 2.54. The molecule has 4 nitrogen and oxygen atoms in total. The first-order chi connectivity index (χ1) is 6.15. The van der Waals surface area contributed by atoms with Crippen molar-refractivity contribution >= 4 is 5.97 Å². The lowest BCUT2D eigenvalue weighted by Gasteiger charge is -2.32. The van der Waals surface area contributed by atoms with Crippen molar-refractivity contribution in [3.05, 3.63) is 19.1 Å². The molecule has 0 spiro atoms. The fourth-order valence-electron chi connectivity index (χ4n) is 1.39. The van der Waals surface area contributed by atoms with Crippen molar-refractivity contribution < 1.29 is 9.53 Å². The average Bonchev–Trinajstić information content (AvgIpc) is 2.13. The van der Waals surface area contributed by atoms with Gasteiger partial charge in [-0.05, 0) is 19.3 Å². The maximum Gasteiger partial charge on any atom is 0.330 e. The van der Waals surface area contributed by atoms with Crippen LogP contribution < -0.4 is 11.5 Å². The Bertz CT molecular complexity index is 206. The third-order valence-corrected chi connectivity index (χ3v) is 2.20. The number of nitrogens with two attached hydrogens (primary N) is 2. The monoisotopic (exact) mass is 183 g/mol. The van der Waals surface area contributed by atoms with Crippen molar-refractivity contribution in [2.75, 3.05) is 0 Å². The quantitative estimate of drug-likeness (QED) is 0.456. The number of hydrogen-bond acceptors (Lipinski definition) is 4. The minimum Gasteiger partial charge on any atom is -0.458 e. The van der Waals surface area contributed by atoms with E-state index >= 15 is 0 Å². The van der Waals surface area contributed by atoms with E-state index < -0.39 is 5.97 Å². The predicted molar refractivity (Wildman–Crippen MR) is 49.6 cm³/mol. The van der Waals surface area contributed by atoms with Gasteiger partial charge in [0.25, 0.3) is 0 Å². The van der Waals surface area contributed by atoms with Gasteiger partial charge in [-0.1, -0.05) is 6.58 Å². The zero-order valence-corrected chi connectivity index (χ0v) is 7.48. The molecule has 4 N–H and O–H groups in total. The van der Waals surface area contributed by atoms with E-state index in [1.54, 1.807) is 0 Å². The summed E-state index contributed by atoms with van der Waals surface area (Å²) in [6.07, 6.45) is 4.39. The molecule has 1 saturated carbocycles. The van der Waals surface area contributed by atoms with Gasteiger partial charge in [0.05, 0.1) is 6.04 Å². The topological polar surface area (TPSA) is 78.3 Å². The Hall–Kier alpha value is -0.870. The van der Waals surface area contributed by atoms with Crippen LogP contribution >= 0.6 is 0 Å². The Balaban J connectivity index is 2.48. The number of esters is 1. The minimum atomic E-state index is -0.436. The molecule has 0 bridgehead atoms. The van der Waals surface area contributed by atoms with Crippen LogP contribution in [0.5, 0.6) is 0 Å². The lowest BCUT2D eigenvalue weighted by Crippen LogP contribution is -2.53. The molecule has 4 heteroatoms. The summed E-state index contributed by atoms with van der Waals surface area (Å²) in [5, 5.41) is 0. The summed E-state index contributed by atoms with van der Waals surface area (Å²) in [4.78, 5) is 10.9. The summed E-state index contributed by atoms with van der Waals surface area (Å²) < 4.78 is 5.04. The number of rotatable bonds is 2. The van der Waals surface area contributed by atoms with Gasteiger partial charge in [-0.2, -0.15) is 0 Å². The summed E-state index contributed by atoms with van der Waals surface area (Å²) in [7, 11) is 0. The second-order valence-electron chi connectivity index (χ2n) is 3.15. The molecule has 0 heterocycles. The fourth-order valence-corrected chi connectivity index (χ4v) is 1.39. The number of carbonyl (C=O) groups is 1. The molecule has 0 aromatic carbocycles. The highest BCUT2D eigenvalue weighted by molar-refractivity contribution is 5.81. The Morgan fingerprint density at radius 3 is 2.92 bits per heavy atom. The van der Waals surface area contributed by atoms with Gasteiger partial charge in [0.15, 0.2) is 0 Å². The second kappa shape index (κ2) is 4.39. The molecular formula is C9H15N2O2. The molecule has 73 valence electrons. The summed E-state index contributed by atoms with van der Waals surface area (Å²) in [6, 6.07) is -0.478. The maximum absolute atomic E-state index is 10.9. The molecule has 1 radical (unpaired) electrons. The summed E-state index contributed by atoms with van der Waals surface area (Å²) in [5.41, 5.74) is 11.4. The highest BCUT2D eigenvalue weighted by Crippen LogP contribution is 2.18. The van der Waals surface area contributed by atoms with Crippen LogP contribution in [0.1, 0.15) is 12.8 Å². The van der Waals surface area contributed by atoms with Crippen LogP contribution in [0, 0.1) is 6.42 Å². The lowest BCUT2D eigenvalue weighted by molar-refractivity contribution is -0.145. The lowest BCUT2D eigenvalue weighted by atomic mass is 9.89. The summed E-state index contributed by atoms with van der Waals surface area (Å²) in [6.45, 7) is 3.32. The van der Waals surface area contributed by atoms with Gasteiger partial charge in [0.2, 0.25) is 0 Å². The van der Waals surface area contributed by atoms with Crippen LogP contribution in [0.3, 0.4) is 0 Å². The molecule has 0 aliphatic heterocycles. The van der Waals surface area contributed by atoms with Gasteiger partial charge in [-0.25, -0.2) is 4.79 Å². The van der Waals surface area contributed by atoms with Gasteiger partial charge in [0.1, 0.15) is 6.10 Å². The van der Waals surface area contributed by atoms with Crippen LogP contribution in [-0.4, -0.2) is 24.2 Å². The molecule has 0 aromatic rings. The van der Waals surface area contributed by atoms with Gasteiger partial charge < -0.3 is 16.2 Å². The first-order valence-electron chi connectivity index (χ1n) is 4.32. The third-order valence-electron chi connectivity index (χ3n) is 2.20. The van der Waals surface area contributed by atoms with Crippen molar-refractivity contribution in [3.8, 4) is 0 Å². The molecule has 3 unspecified atom stereocenters. The van der Waals surface area contributed by atoms with Gasteiger partial charge in [-0.15, -0.1) is 0 Å². The molecule has 0 saturated heterocycles. The first kappa shape index (κ1) is 10.2. The SMILES string of the molecule is C=CC(=O)OC1CC[CH]C(N)C1N. The van der Waals surface area contributed by atoms with Gasteiger partial charge >= 0.3 is 5.97 Å². The molecule has 1 fully saturated rings. The van der Waals surface area contributed by atoms with Crippen LogP contribution in [0.2, 0.25) is 0 Å². The van der Waals surface area contributed by atoms with E-state index in [1.165, 1.54) is 0 Å². The summed E-state index contributed by atoms with van der Waals surface area (Å²) in [5.74, 6) is -0.436. The largest absolute Gasteiger partial charge is 0.458 e. The molecule has 3 atom stereocenters. The Morgan fingerprint density at radius 2 is 2.31 bits per heavy atom. The van der Waals surface area contributed by atoms with Gasteiger partial charge in [-0.3, -0.25) is 0 Å². The highest BCUT2D eigenvalue weighted by Gasteiger charge is 2.30. The smallest absolute Gasteiger partial charge is 0.330 e. The molecule has 0 amide bonds. The fraction of sp³-hybridized carbons (Fsp3) is 0.556. The number of hydrogen-bond donors (Lipinski definition) is 2. The van der Waals surface area contributed by atoms with E-state index in [0.717, 1.165) is 18.9 Å². The van der Waals surface area contributed by atoms with E-state index in [-0.39, 0.29) is 18.2 Å². The van der Waals surface area contributed by atoms with Crippen LogP contribution in [0.25, 0.3) is 0 Å². The van der Waals surface area contributed by atoms with E-state index in [9.17, 15) is 4.79 Å². The van der Waals surface area contributed by atoms with E-state index in [4.69, 9.17) is 16.2 Å². The first-order valence-corrected chi connectivity index (χ1v) is 4.32. The number of ether oxygens (including phenoxy) is 1. The second-order valence-corrected chi connectivity index (χ2v) is 3.15. The van der Waals surface area contributed by atoms with Crippen molar-refractivity contribution in [3.63, 3.8) is 0 Å². The summed E-state index contributed by atoms with van der Waals surface area (Å²) >= 11 is 0. The molecule has 1 aliphatic carbocycles. The zero-order valence-electron chi connectivity index (χ0n) is 7.48. The normalized spacial score (nSPS) is 33.8. The van der Waals surface area contributed by atoms with E-state index in [2.05, 4.69) is 6.58 Å². The maximum atomic E-state index is 10.9. The van der Waals surface area contributed by atoms with Crippen LogP contribution in [-0.2, 0) is 9.53 Å².